The first kappa shape index (κ1) is 17.7. The Morgan fingerprint density at radius 1 is 0.913 bits per heavy atom. The number of rotatable bonds is 8. The summed E-state index contributed by atoms with van der Waals surface area (Å²) in [7, 11) is 1.61. The van der Waals surface area contributed by atoms with Crippen LogP contribution in [0.1, 0.15) is 5.56 Å². The molecule has 6 heteroatoms. The van der Waals surface area contributed by atoms with Gasteiger partial charge in [0.2, 0.25) is 0 Å². The zero-order chi connectivity index (χ0) is 16.7. The van der Waals surface area contributed by atoms with Gasteiger partial charge < -0.3 is 19.9 Å². The molecule has 0 aliphatic heterocycles. The summed E-state index contributed by atoms with van der Waals surface area (Å²) < 4.78 is 16.6. The molecule has 0 aromatic heterocycles. The number of ether oxygens (including phenoxy) is 3. The number of hydrogen-bond acceptors (Lipinski definition) is 4. The Hall–Kier alpha value is -1.62. The van der Waals surface area contributed by atoms with Crippen LogP contribution < -0.4 is 19.9 Å². The molecule has 2 aromatic carbocycles. The number of hydrogen-bond donors (Lipinski definition) is 1. The fraction of sp³-hybridized carbons (Fsp3) is 0.294. The molecule has 23 heavy (non-hydrogen) atoms. The highest BCUT2D eigenvalue weighted by atomic mass is 35.5. The van der Waals surface area contributed by atoms with E-state index >= 15 is 0 Å². The maximum atomic E-state index is 6.05. The van der Waals surface area contributed by atoms with Crippen LogP contribution in [-0.2, 0) is 6.42 Å². The topological polar surface area (TPSA) is 53.7 Å². The van der Waals surface area contributed by atoms with E-state index in [0.29, 0.717) is 47.1 Å². The van der Waals surface area contributed by atoms with Crippen molar-refractivity contribution in [3.63, 3.8) is 0 Å². The smallest absolute Gasteiger partial charge is 0.161 e. The summed E-state index contributed by atoms with van der Waals surface area (Å²) in [6.45, 7) is 1.30. The van der Waals surface area contributed by atoms with Crippen LogP contribution in [-0.4, -0.2) is 26.9 Å². The second-order valence-electron chi connectivity index (χ2n) is 4.80. The van der Waals surface area contributed by atoms with Crippen molar-refractivity contribution in [1.29, 1.82) is 0 Å². The van der Waals surface area contributed by atoms with Crippen LogP contribution in [0.2, 0.25) is 10.0 Å². The fourth-order valence-corrected chi connectivity index (χ4v) is 2.51. The first-order valence-corrected chi connectivity index (χ1v) is 7.97. The van der Waals surface area contributed by atoms with Gasteiger partial charge in [-0.05, 0) is 48.9 Å². The molecule has 0 atom stereocenters. The summed E-state index contributed by atoms with van der Waals surface area (Å²) in [5.41, 5.74) is 6.68. The van der Waals surface area contributed by atoms with Crippen molar-refractivity contribution in [3.8, 4) is 17.2 Å². The summed E-state index contributed by atoms with van der Waals surface area (Å²) in [5, 5.41) is 1.04. The zero-order valence-electron chi connectivity index (χ0n) is 12.9. The Kier molecular flexibility index (Phi) is 6.84. The van der Waals surface area contributed by atoms with Crippen LogP contribution in [0.4, 0.5) is 0 Å². The number of halogens is 2. The van der Waals surface area contributed by atoms with Crippen molar-refractivity contribution < 1.29 is 14.2 Å². The first-order valence-electron chi connectivity index (χ1n) is 7.21. The molecule has 0 aliphatic rings. The zero-order valence-corrected chi connectivity index (χ0v) is 14.4. The average Bonchev–Trinajstić information content (AvgIpc) is 2.54. The van der Waals surface area contributed by atoms with Crippen LogP contribution in [0.25, 0.3) is 0 Å². The van der Waals surface area contributed by atoms with Crippen molar-refractivity contribution in [2.75, 3.05) is 26.9 Å². The largest absolute Gasteiger partial charge is 0.493 e. The van der Waals surface area contributed by atoms with E-state index in [9.17, 15) is 0 Å². The summed E-state index contributed by atoms with van der Waals surface area (Å²) in [6, 6.07) is 10.9. The predicted molar refractivity (Wildman–Crippen MR) is 93.2 cm³/mol. The molecule has 2 rings (SSSR count). The SMILES string of the molecule is COc1ccc(CCN)cc1OCCOc1ccc(Cl)cc1Cl. The summed E-state index contributed by atoms with van der Waals surface area (Å²) in [5.74, 6) is 1.92. The Balaban J connectivity index is 1.91. The highest BCUT2D eigenvalue weighted by Gasteiger charge is 2.07. The van der Waals surface area contributed by atoms with E-state index in [1.54, 1.807) is 25.3 Å². The third kappa shape index (κ3) is 5.20. The molecule has 0 bridgehead atoms. The second-order valence-corrected chi connectivity index (χ2v) is 5.64. The lowest BCUT2D eigenvalue weighted by atomic mass is 10.1. The monoisotopic (exact) mass is 355 g/mol. The molecule has 0 saturated carbocycles. The Morgan fingerprint density at radius 3 is 2.26 bits per heavy atom. The van der Waals surface area contributed by atoms with Gasteiger partial charge in [-0.3, -0.25) is 0 Å². The van der Waals surface area contributed by atoms with Crippen LogP contribution in [0.15, 0.2) is 36.4 Å². The van der Waals surface area contributed by atoms with E-state index in [1.165, 1.54) is 0 Å². The van der Waals surface area contributed by atoms with Gasteiger partial charge in [-0.15, -0.1) is 0 Å². The number of methoxy groups -OCH3 is 1. The minimum absolute atomic E-state index is 0.353. The molecule has 0 radical (unpaired) electrons. The molecular weight excluding hydrogens is 337 g/mol. The minimum atomic E-state index is 0.353. The van der Waals surface area contributed by atoms with Crippen molar-refractivity contribution in [2.45, 2.75) is 6.42 Å². The molecule has 0 spiro atoms. The average molecular weight is 356 g/mol. The summed E-state index contributed by atoms with van der Waals surface area (Å²) in [6.07, 6.45) is 0.789. The molecular formula is C17H19Cl2NO3. The molecule has 2 N–H and O–H groups in total. The molecule has 0 amide bonds. The van der Waals surface area contributed by atoms with Crippen LogP contribution in [0.5, 0.6) is 17.2 Å². The summed E-state index contributed by atoms with van der Waals surface area (Å²) >= 11 is 11.9. The molecule has 0 aliphatic carbocycles. The van der Waals surface area contributed by atoms with Gasteiger partial charge in [0.1, 0.15) is 19.0 Å². The highest BCUT2D eigenvalue weighted by Crippen LogP contribution is 2.29. The van der Waals surface area contributed by atoms with Gasteiger partial charge in [0.05, 0.1) is 12.1 Å². The summed E-state index contributed by atoms with van der Waals surface area (Å²) in [4.78, 5) is 0. The molecule has 0 saturated heterocycles. The molecule has 0 unspecified atom stereocenters. The Bertz CT molecular complexity index is 650. The second kappa shape index (κ2) is 8.87. The molecule has 0 fully saturated rings. The van der Waals surface area contributed by atoms with Crippen molar-refractivity contribution in [3.05, 3.63) is 52.0 Å². The van der Waals surface area contributed by atoms with E-state index in [2.05, 4.69) is 0 Å². The Labute approximate surface area is 146 Å². The van der Waals surface area contributed by atoms with Crippen LogP contribution >= 0.6 is 23.2 Å². The van der Waals surface area contributed by atoms with Crippen molar-refractivity contribution in [2.24, 2.45) is 5.73 Å². The van der Waals surface area contributed by atoms with Gasteiger partial charge in [0.25, 0.3) is 0 Å². The lowest BCUT2D eigenvalue weighted by Crippen LogP contribution is -2.10. The van der Waals surface area contributed by atoms with Gasteiger partial charge >= 0.3 is 0 Å². The maximum absolute atomic E-state index is 6.05. The van der Waals surface area contributed by atoms with Gasteiger partial charge in [-0.25, -0.2) is 0 Å². The van der Waals surface area contributed by atoms with E-state index in [-0.39, 0.29) is 0 Å². The van der Waals surface area contributed by atoms with Crippen LogP contribution in [0.3, 0.4) is 0 Å². The predicted octanol–water partition coefficient (Wildman–Crippen LogP) is 3.96. The third-order valence-electron chi connectivity index (χ3n) is 3.15. The van der Waals surface area contributed by atoms with E-state index in [4.69, 9.17) is 43.1 Å². The maximum Gasteiger partial charge on any atom is 0.161 e. The quantitative estimate of drug-likeness (QED) is 0.728. The van der Waals surface area contributed by atoms with E-state index in [0.717, 1.165) is 12.0 Å². The van der Waals surface area contributed by atoms with Crippen LogP contribution in [0, 0.1) is 0 Å². The lowest BCUT2D eigenvalue weighted by molar-refractivity contribution is 0.211. The third-order valence-corrected chi connectivity index (χ3v) is 3.68. The van der Waals surface area contributed by atoms with Gasteiger partial charge in [0.15, 0.2) is 11.5 Å². The van der Waals surface area contributed by atoms with Crippen molar-refractivity contribution >= 4 is 23.2 Å². The van der Waals surface area contributed by atoms with Gasteiger partial charge in [0, 0.05) is 5.02 Å². The number of nitrogens with two attached hydrogens (primary N) is 1. The minimum Gasteiger partial charge on any atom is -0.493 e. The molecule has 124 valence electrons. The normalized spacial score (nSPS) is 10.4. The van der Waals surface area contributed by atoms with E-state index in [1.807, 2.05) is 18.2 Å². The Morgan fingerprint density at radius 2 is 1.61 bits per heavy atom. The standard InChI is InChI=1S/C17H19Cl2NO3/c1-21-16-4-2-12(6-7-20)10-17(16)23-9-8-22-15-5-3-13(18)11-14(15)19/h2-5,10-11H,6-9,20H2,1H3. The van der Waals surface area contributed by atoms with E-state index < -0.39 is 0 Å². The number of benzene rings is 2. The van der Waals surface area contributed by atoms with Gasteiger partial charge in [-0.1, -0.05) is 29.3 Å². The first-order chi connectivity index (χ1) is 11.1. The molecule has 0 heterocycles. The fourth-order valence-electron chi connectivity index (χ4n) is 2.05. The lowest BCUT2D eigenvalue weighted by Gasteiger charge is -2.13. The van der Waals surface area contributed by atoms with Crippen molar-refractivity contribution in [1.82, 2.24) is 0 Å². The molecule has 4 nitrogen and oxygen atoms in total. The van der Waals surface area contributed by atoms with Gasteiger partial charge in [-0.2, -0.15) is 0 Å². The highest BCUT2D eigenvalue weighted by molar-refractivity contribution is 6.35. The molecule has 2 aromatic rings.